The third-order valence-corrected chi connectivity index (χ3v) is 5.85. The van der Waals surface area contributed by atoms with E-state index in [-0.39, 0.29) is 16.5 Å². The summed E-state index contributed by atoms with van der Waals surface area (Å²) in [6, 6.07) is 7.89. The van der Waals surface area contributed by atoms with E-state index < -0.39 is 28.2 Å². The average molecular weight is 458 g/mol. The molecule has 11 heteroatoms. The smallest absolute Gasteiger partial charge is 0.406 e. The minimum absolute atomic E-state index is 0.218. The van der Waals surface area contributed by atoms with Gasteiger partial charge in [0.25, 0.3) is 0 Å². The number of hydrogen-bond donors (Lipinski definition) is 1. The molecule has 0 saturated carbocycles. The van der Waals surface area contributed by atoms with Gasteiger partial charge in [-0.25, -0.2) is 13.1 Å². The van der Waals surface area contributed by atoms with Crippen molar-refractivity contribution in [2.24, 2.45) is 0 Å². The highest BCUT2D eigenvalue weighted by Crippen LogP contribution is 2.29. The average Bonchev–Trinajstić information content (AvgIpc) is 2.60. The highest BCUT2D eigenvalue weighted by Gasteiger charge is 2.31. The standard InChI is InChI=1S/C17H16Cl2F3NO4S/c1-26-9-8-16(11-2-7-14(18)15(19)10-11)23-28(24,25)13-5-3-12(4-6-13)27-17(20,21)22/h2-7,10,16,23H,8-9H2,1H3/t16-/m1/s1. The van der Waals surface area contributed by atoms with E-state index in [0.29, 0.717) is 17.0 Å². The molecule has 0 aliphatic heterocycles. The molecule has 5 nitrogen and oxygen atoms in total. The number of rotatable bonds is 8. The summed E-state index contributed by atoms with van der Waals surface area (Å²) in [7, 11) is -2.57. The molecule has 0 radical (unpaired) electrons. The van der Waals surface area contributed by atoms with Crippen LogP contribution >= 0.6 is 23.2 Å². The topological polar surface area (TPSA) is 64.6 Å². The molecule has 0 aliphatic carbocycles. The second-order valence-electron chi connectivity index (χ2n) is 5.65. The lowest BCUT2D eigenvalue weighted by molar-refractivity contribution is -0.274. The minimum Gasteiger partial charge on any atom is -0.406 e. The Bertz CT molecular complexity index is 906. The fourth-order valence-corrected chi connectivity index (χ4v) is 3.90. The molecular weight excluding hydrogens is 442 g/mol. The first kappa shape index (κ1) is 22.8. The van der Waals surface area contributed by atoms with Crippen LogP contribution in [-0.2, 0) is 14.8 Å². The SMILES string of the molecule is COCC[C@@H](NS(=O)(=O)c1ccc(OC(F)(F)F)cc1)c1ccc(Cl)c(Cl)c1. The van der Waals surface area contributed by atoms with Crippen molar-refractivity contribution in [3.05, 3.63) is 58.1 Å². The van der Waals surface area contributed by atoms with Crippen LogP contribution in [0, 0.1) is 0 Å². The number of benzene rings is 2. The Kier molecular flexibility index (Phi) is 7.58. The predicted molar refractivity (Wildman–Crippen MR) is 99.1 cm³/mol. The molecule has 0 amide bonds. The van der Waals surface area contributed by atoms with Gasteiger partial charge in [0, 0.05) is 19.8 Å². The van der Waals surface area contributed by atoms with Crippen LogP contribution in [0.4, 0.5) is 13.2 Å². The fraction of sp³-hybridized carbons (Fsp3) is 0.294. The van der Waals surface area contributed by atoms with E-state index in [1.165, 1.54) is 19.2 Å². The predicted octanol–water partition coefficient (Wildman–Crippen LogP) is 4.95. The van der Waals surface area contributed by atoms with Crippen LogP contribution in [0.2, 0.25) is 10.0 Å². The molecule has 0 spiro atoms. The molecule has 0 fully saturated rings. The van der Waals surface area contributed by atoms with E-state index in [2.05, 4.69) is 9.46 Å². The first-order valence-electron chi connectivity index (χ1n) is 7.84. The lowest BCUT2D eigenvalue weighted by Crippen LogP contribution is -2.29. The molecule has 2 rings (SSSR count). The molecule has 0 bridgehead atoms. The number of nitrogens with one attached hydrogen (secondary N) is 1. The maximum Gasteiger partial charge on any atom is 0.573 e. The Labute approximate surface area is 170 Å². The highest BCUT2D eigenvalue weighted by atomic mass is 35.5. The Morgan fingerprint density at radius 1 is 1.07 bits per heavy atom. The van der Waals surface area contributed by atoms with Crippen LogP contribution < -0.4 is 9.46 Å². The molecule has 2 aromatic carbocycles. The summed E-state index contributed by atoms with van der Waals surface area (Å²) in [5, 5.41) is 0.577. The van der Waals surface area contributed by atoms with Gasteiger partial charge in [-0.05, 0) is 48.4 Å². The summed E-state index contributed by atoms with van der Waals surface area (Å²) in [5.41, 5.74) is 0.562. The van der Waals surface area contributed by atoms with Crippen molar-refractivity contribution < 1.29 is 31.1 Å². The zero-order valence-corrected chi connectivity index (χ0v) is 16.8. The first-order chi connectivity index (χ1) is 13.0. The van der Waals surface area contributed by atoms with E-state index in [0.717, 1.165) is 24.3 Å². The molecule has 0 unspecified atom stereocenters. The van der Waals surface area contributed by atoms with Gasteiger partial charge < -0.3 is 9.47 Å². The van der Waals surface area contributed by atoms with E-state index in [1.54, 1.807) is 6.07 Å². The Morgan fingerprint density at radius 3 is 2.25 bits per heavy atom. The lowest BCUT2D eigenvalue weighted by atomic mass is 10.1. The van der Waals surface area contributed by atoms with Crippen LogP contribution in [-0.4, -0.2) is 28.5 Å². The van der Waals surface area contributed by atoms with E-state index in [9.17, 15) is 21.6 Å². The molecule has 0 saturated heterocycles. The van der Waals surface area contributed by atoms with Gasteiger partial charge >= 0.3 is 6.36 Å². The van der Waals surface area contributed by atoms with Gasteiger partial charge in [-0.2, -0.15) is 0 Å². The van der Waals surface area contributed by atoms with Gasteiger partial charge in [-0.3, -0.25) is 0 Å². The van der Waals surface area contributed by atoms with Crippen LogP contribution in [0.1, 0.15) is 18.0 Å². The van der Waals surface area contributed by atoms with Crippen LogP contribution in [0.15, 0.2) is 47.4 Å². The molecule has 0 heterocycles. The molecular formula is C17H16Cl2F3NO4S. The molecule has 154 valence electrons. The number of sulfonamides is 1. The number of hydrogen-bond acceptors (Lipinski definition) is 4. The van der Waals surface area contributed by atoms with Crippen molar-refractivity contribution >= 4 is 33.2 Å². The quantitative estimate of drug-likeness (QED) is 0.608. The summed E-state index contributed by atoms with van der Waals surface area (Å²) in [6.45, 7) is 0.256. The molecule has 0 aliphatic rings. The number of methoxy groups -OCH3 is 1. The third kappa shape index (κ3) is 6.52. The summed E-state index contributed by atoms with van der Waals surface area (Å²) in [5.74, 6) is -0.521. The largest absolute Gasteiger partial charge is 0.573 e. The van der Waals surface area contributed by atoms with E-state index >= 15 is 0 Å². The highest BCUT2D eigenvalue weighted by molar-refractivity contribution is 7.89. The van der Waals surface area contributed by atoms with Crippen molar-refractivity contribution in [3.8, 4) is 5.75 Å². The minimum atomic E-state index is -4.86. The first-order valence-corrected chi connectivity index (χ1v) is 10.1. The van der Waals surface area contributed by atoms with Gasteiger partial charge in [0.2, 0.25) is 10.0 Å². The monoisotopic (exact) mass is 457 g/mol. The zero-order chi connectivity index (χ0) is 20.9. The fourth-order valence-electron chi connectivity index (χ4n) is 2.33. The van der Waals surface area contributed by atoms with Crippen molar-refractivity contribution in [3.63, 3.8) is 0 Å². The Hall–Kier alpha value is -1.52. The molecule has 0 aromatic heterocycles. The van der Waals surface area contributed by atoms with Crippen LogP contribution in [0.3, 0.4) is 0 Å². The summed E-state index contributed by atoms with van der Waals surface area (Å²) >= 11 is 11.9. The zero-order valence-electron chi connectivity index (χ0n) is 14.5. The third-order valence-electron chi connectivity index (χ3n) is 3.62. The van der Waals surface area contributed by atoms with Crippen molar-refractivity contribution in [1.29, 1.82) is 0 Å². The second kappa shape index (κ2) is 9.32. The molecule has 1 N–H and O–H groups in total. The lowest BCUT2D eigenvalue weighted by Gasteiger charge is -2.20. The van der Waals surface area contributed by atoms with Crippen molar-refractivity contribution in [2.45, 2.75) is 23.7 Å². The number of halogens is 5. The Balaban J connectivity index is 2.25. The maximum absolute atomic E-state index is 12.7. The van der Waals surface area contributed by atoms with E-state index in [4.69, 9.17) is 27.9 Å². The molecule has 2 aromatic rings. The van der Waals surface area contributed by atoms with Gasteiger partial charge in [-0.15, -0.1) is 13.2 Å². The molecule has 28 heavy (non-hydrogen) atoms. The normalized spacial score (nSPS) is 13.4. The summed E-state index contributed by atoms with van der Waals surface area (Å²) in [6.07, 6.45) is -4.57. The maximum atomic E-state index is 12.7. The second-order valence-corrected chi connectivity index (χ2v) is 8.18. The van der Waals surface area contributed by atoms with Gasteiger partial charge in [0.1, 0.15) is 5.75 Å². The van der Waals surface area contributed by atoms with Crippen LogP contribution in [0.25, 0.3) is 0 Å². The van der Waals surface area contributed by atoms with Gasteiger partial charge in [-0.1, -0.05) is 29.3 Å². The summed E-state index contributed by atoms with van der Waals surface area (Å²) in [4.78, 5) is -0.218. The Morgan fingerprint density at radius 2 is 1.71 bits per heavy atom. The van der Waals surface area contributed by atoms with Crippen molar-refractivity contribution in [1.82, 2.24) is 4.72 Å². The molecule has 1 atom stereocenters. The number of ether oxygens (including phenoxy) is 2. The van der Waals surface area contributed by atoms with E-state index in [1.807, 2.05) is 0 Å². The van der Waals surface area contributed by atoms with Crippen molar-refractivity contribution in [2.75, 3.05) is 13.7 Å². The van der Waals surface area contributed by atoms with Gasteiger partial charge in [0.15, 0.2) is 0 Å². The number of alkyl halides is 3. The van der Waals surface area contributed by atoms with Crippen LogP contribution in [0.5, 0.6) is 5.75 Å². The summed E-state index contributed by atoms with van der Waals surface area (Å²) < 4.78 is 73.3. The van der Waals surface area contributed by atoms with Gasteiger partial charge in [0.05, 0.1) is 14.9 Å².